The number of aromatic nitrogens is 2. The molecule has 0 amide bonds. The summed E-state index contributed by atoms with van der Waals surface area (Å²) in [5.74, 6) is 0.974. The third-order valence-corrected chi connectivity index (χ3v) is 5.59. The maximum absolute atomic E-state index is 4.68. The summed E-state index contributed by atoms with van der Waals surface area (Å²) >= 11 is 0. The Kier molecular flexibility index (Phi) is 6.85. The van der Waals surface area contributed by atoms with E-state index in [0.29, 0.717) is 0 Å². The van der Waals surface area contributed by atoms with Crippen molar-refractivity contribution in [2.75, 3.05) is 0 Å². The van der Waals surface area contributed by atoms with Crippen LogP contribution in [0.15, 0.2) is 109 Å². The van der Waals surface area contributed by atoms with E-state index in [2.05, 4.69) is 120 Å². The van der Waals surface area contributed by atoms with Crippen LogP contribution in [0, 0.1) is 13.8 Å². The van der Waals surface area contributed by atoms with E-state index in [-0.39, 0.29) is 0 Å². The molecule has 0 atom stereocenters. The fourth-order valence-electron chi connectivity index (χ4n) is 4.13. The lowest BCUT2D eigenvalue weighted by molar-refractivity contribution is 1.05. The molecular formula is C31H30N2. The highest BCUT2D eigenvalue weighted by Crippen LogP contribution is 2.30. The van der Waals surface area contributed by atoms with Gasteiger partial charge in [-0.25, -0.2) is 4.98 Å². The molecular weight excluding hydrogens is 400 g/mol. The summed E-state index contributed by atoms with van der Waals surface area (Å²) in [7, 11) is 0. The van der Waals surface area contributed by atoms with Gasteiger partial charge < -0.3 is 0 Å². The lowest BCUT2D eigenvalue weighted by Crippen LogP contribution is -1.97. The summed E-state index contributed by atoms with van der Waals surface area (Å²) in [6.07, 6.45) is 0. The molecule has 2 heterocycles. The largest absolute Gasteiger partial charge is 0.294 e. The number of hydrogen-bond acceptors (Lipinski definition) is 1. The van der Waals surface area contributed by atoms with E-state index < -0.39 is 0 Å². The van der Waals surface area contributed by atoms with E-state index in [1.165, 1.54) is 38.1 Å². The third kappa shape index (κ3) is 4.65. The molecule has 2 nitrogen and oxygen atoms in total. The van der Waals surface area contributed by atoms with Crippen LogP contribution in [-0.4, -0.2) is 9.55 Å². The Morgan fingerprint density at radius 2 is 1.12 bits per heavy atom. The molecule has 0 fully saturated rings. The van der Waals surface area contributed by atoms with Crippen molar-refractivity contribution >= 4 is 32.6 Å². The Bertz CT molecular complexity index is 1450. The van der Waals surface area contributed by atoms with Crippen molar-refractivity contribution in [3.8, 4) is 5.82 Å². The van der Waals surface area contributed by atoms with E-state index in [9.17, 15) is 0 Å². The summed E-state index contributed by atoms with van der Waals surface area (Å²) in [6.45, 7) is 8.14. The minimum absolute atomic E-state index is 0.974. The van der Waals surface area contributed by atoms with E-state index in [1.807, 2.05) is 26.8 Å². The molecule has 0 saturated carbocycles. The van der Waals surface area contributed by atoms with Gasteiger partial charge >= 0.3 is 0 Å². The van der Waals surface area contributed by atoms with Gasteiger partial charge in [-0.05, 0) is 48.9 Å². The van der Waals surface area contributed by atoms with Gasteiger partial charge in [0.2, 0.25) is 0 Å². The monoisotopic (exact) mass is 430 g/mol. The molecule has 2 aromatic heterocycles. The number of hydrogen-bond donors (Lipinski definition) is 0. The molecule has 0 aliphatic rings. The van der Waals surface area contributed by atoms with Gasteiger partial charge in [0.1, 0.15) is 5.82 Å². The van der Waals surface area contributed by atoms with Crippen molar-refractivity contribution in [1.82, 2.24) is 9.55 Å². The molecule has 0 radical (unpaired) electrons. The zero-order chi connectivity index (χ0) is 23.2. The van der Waals surface area contributed by atoms with Crippen LogP contribution in [0.4, 0.5) is 0 Å². The second-order valence-corrected chi connectivity index (χ2v) is 7.86. The zero-order valence-corrected chi connectivity index (χ0v) is 19.8. The summed E-state index contributed by atoms with van der Waals surface area (Å²) < 4.78 is 2.23. The van der Waals surface area contributed by atoms with E-state index in [1.54, 1.807) is 0 Å². The average Bonchev–Trinajstić information content (AvgIpc) is 3.20. The van der Waals surface area contributed by atoms with Crippen molar-refractivity contribution in [2.45, 2.75) is 27.7 Å². The first kappa shape index (κ1) is 22.3. The van der Waals surface area contributed by atoms with Gasteiger partial charge in [0.05, 0.1) is 11.0 Å². The van der Waals surface area contributed by atoms with Crippen molar-refractivity contribution in [3.05, 3.63) is 120 Å². The van der Waals surface area contributed by atoms with Crippen LogP contribution in [-0.2, 0) is 0 Å². The van der Waals surface area contributed by atoms with Gasteiger partial charge in [-0.15, -0.1) is 0 Å². The Labute approximate surface area is 196 Å². The van der Waals surface area contributed by atoms with Crippen LogP contribution < -0.4 is 0 Å². The van der Waals surface area contributed by atoms with E-state index >= 15 is 0 Å². The van der Waals surface area contributed by atoms with Gasteiger partial charge in [0.15, 0.2) is 0 Å². The zero-order valence-electron chi connectivity index (χ0n) is 19.8. The maximum atomic E-state index is 4.68. The lowest BCUT2D eigenvalue weighted by Gasteiger charge is -2.07. The number of rotatable bonds is 1. The first-order valence-corrected chi connectivity index (χ1v) is 11.6. The lowest BCUT2D eigenvalue weighted by atomic mass is 10.1. The number of benzene rings is 4. The summed E-state index contributed by atoms with van der Waals surface area (Å²) in [6, 6.07) is 38.0. The minimum atomic E-state index is 0.974. The van der Waals surface area contributed by atoms with Gasteiger partial charge in [0.25, 0.3) is 0 Å². The number of para-hydroxylation sites is 2. The molecule has 6 aromatic rings. The molecule has 0 aliphatic carbocycles. The number of nitrogens with zero attached hydrogens (tertiary/aromatic N) is 2. The predicted octanol–water partition coefficient (Wildman–Crippen LogP) is 8.66. The molecule has 33 heavy (non-hydrogen) atoms. The smallest absolute Gasteiger partial charge is 0.137 e. The fraction of sp³-hybridized carbons (Fsp3) is 0.129. The highest BCUT2D eigenvalue weighted by atomic mass is 15.1. The minimum Gasteiger partial charge on any atom is -0.294 e. The first-order chi connectivity index (χ1) is 16.2. The molecule has 0 N–H and O–H groups in total. The second kappa shape index (κ2) is 10.1. The summed E-state index contributed by atoms with van der Waals surface area (Å²) in [5.41, 5.74) is 4.76. The van der Waals surface area contributed by atoms with Gasteiger partial charge in [0, 0.05) is 16.5 Å². The van der Waals surface area contributed by atoms with Crippen LogP contribution in [0.25, 0.3) is 38.4 Å². The predicted molar refractivity (Wildman–Crippen MR) is 143 cm³/mol. The fourth-order valence-corrected chi connectivity index (χ4v) is 4.13. The highest BCUT2D eigenvalue weighted by Gasteiger charge is 2.11. The molecule has 4 aromatic carbocycles. The van der Waals surface area contributed by atoms with Crippen molar-refractivity contribution in [3.63, 3.8) is 0 Å². The molecule has 0 spiro atoms. The first-order valence-electron chi connectivity index (χ1n) is 11.6. The number of aryl methyl sites for hydroxylation is 2. The Morgan fingerprint density at radius 3 is 1.76 bits per heavy atom. The molecule has 6 rings (SSSR count). The standard InChI is InChI=1S/C18H14N2.C11H10.C2H6/c1-13-7-6-12-18(19-13)20-16-10-4-2-8-14(16)15-9-3-5-11-17(15)20;1-9-6-7-10-4-2-3-5-11(10)8-9;1-2/h2-12H,1H3;2-8H,1H3;1-2H3. The van der Waals surface area contributed by atoms with Crippen molar-refractivity contribution < 1.29 is 0 Å². The molecule has 0 aliphatic heterocycles. The van der Waals surface area contributed by atoms with Crippen molar-refractivity contribution in [1.29, 1.82) is 0 Å². The SMILES string of the molecule is CC.Cc1ccc2ccccc2c1.Cc1cccc(-n2c3ccccc3c3ccccc32)n1. The third-order valence-electron chi connectivity index (χ3n) is 5.59. The molecule has 0 unspecified atom stereocenters. The molecule has 0 bridgehead atoms. The summed E-state index contributed by atoms with van der Waals surface area (Å²) in [4.78, 5) is 4.68. The van der Waals surface area contributed by atoms with Gasteiger partial charge in [-0.1, -0.05) is 104 Å². The normalized spacial score (nSPS) is 10.4. The Morgan fingerprint density at radius 1 is 0.545 bits per heavy atom. The topological polar surface area (TPSA) is 17.8 Å². The highest BCUT2D eigenvalue weighted by molar-refractivity contribution is 6.09. The average molecular weight is 431 g/mol. The van der Waals surface area contributed by atoms with Crippen molar-refractivity contribution in [2.24, 2.45) is 0 Å². The second-order valence-electron chi connectivity index (χ2n) is 7.86. The van der Waals surface area contributed by atoms with Crippen LogP contribution in [0.2, 0.25) is 0 Å². The number of pyridine rings is 1. The number of fused-ring (bicyclic) bond motifs is 4. The van der Waals surface area contributed by atoms with Gasteiger partial charge in [-0.2, -0.15) is 0 Å². The van der Waals surface area contributed by atoms with E-state index in [0.717, 1.165) is 11.5 Å². The molecule has 0 saturated heterocycles. The molecule has 2 heteroatoms. The molecule has 164 valence electrons. The quantitative estimate of drug-likeness (QED) is 0.255. The summed E-state index contributed by atoms with van der Waals surface area (Å²) in [5, 5.41) is 5.18. The van der Waals surface area contributed by atoms with Crippen LogP contribution in [0.3, 0.4) is 0 Å². The maximum Gasteiger partial charge on any atom is 0.137 e. The van der Waals surface area contributed by atoms with Gasteiger partial charge in [-0.3, -0.25) is 4.57 Å². The van der Waals surface area contributed by atoms with Crippen LogP contribution in [0.1, 0.15) is 25.1 Å². The van der Waals surface area contributed by atoms with E-state index in [4.69, 9.17) is 0 Å². The Balaban J connectivity index is 0.000000169. The Hall–Kier alpha value is -3.91. The van der Waals surface area contributed by atoms with Crippen LogP contribution in [0.5, 0.6) is 0 Å². The van der Waals surface area contributed by atoms with Crippen LogP contribution >= 0.6 is 0 Å².